The summed E-state index contributed by atoms with van der Waals surface area (Å²) < 4.78 is 23.2. The van der Waals surface area contributed by atoms with Crippen LogP contribution in [0.5, 0.6) is 5.75 Å². The summed E-state index contributed by atoms with van der Waals surface area (Å²) in [7, 11) is 1.69. The summed E-state index contributed by atoms with van der Waals surface area (Å²) in [5, 5.41) is 0. The van der Waals surface area contributed by atoms with Gasteiger partial charge in [0, 0.05) is 11.8 Å². The maximum atomic E-state index is 6.08. The van der Waals surface area contributed by atoms with Crippen LogP contribution in [-0.4, -0.2) is 33.2 Å². The highest BCUT2D eigenvalue weighted by Gasteiger charge is 2.33. The van der Waals surface area contributed by atoms with Crippen molar-refractivity contribution in [2.75, 3.05) is 26.9 Å². The van der Waals surface area contributed by atoms with Crippen molar-refractivity contribution in [3.05, 3.63) is 29.8 Å². The third kappa shape index (κ3) is 4.25. The third-order valence-electron chi connectivity index (χ3n) is 4.87. The van der Waals surface area contributed by atoms with Gasteiger partial charge in [-0.25, -0.2) is 0 Å². The molecule has 0 N–H and O–H groups in total. The second kappa shape index (κ2) is 8.13. The van der Waals surface area contributed by atoms with Gasteiger partial charge in [-0.15, -0.1) is 0 Å². The lowest BCUT2D eigenvalue weighted by Gasteiger charge is -2.37. The van der Waals surface area contributed by atoms with Crippen LogP contribution in [0, 0.1) is 11.8 Å². The highest BCUT2D eigenvalue weighted by atomic mass is 16.7. The van der Waals surface area contributed by atoms with E-state index in [1.54, 1.807) is 7.11 Å². The SMILES string of the molecule is CCCC1COC(C2CCC(c3ccc(OC)cc3)OC2)OC1. The van der Waals surface area contributed by atoms with Gasteiger partial charge in [0.05, 0.1) is 33.0 Å². The standard InChI is InChI=1S/C19H28O4/c1-3-4-14-11-22-19(23-12-14)16-7-10-18(21-13-16)15-5-8-17(20-2)9-6-15/h5-6,8-9,14,16,18-19H,3-4,7,10-13H2,1-2H3. The Labute approximate surface area is 139 Å². The first-order chi connectivity index (χ1) is 11.3. The fourth-order valence-corrected chi connectivity index (χ4v) is 3.47. The molecule has 2 atom stereocenters. The highest BCUT2D eigenvalue weighted by Crippen LogP contribution is 2.34. The van der Waals surface area contributed by atoms with Crippen molar-refractivity contribution in [1.29, 1.82) is 0 Å². The van der Waals surface area contributed by atoms with E-state index >= 15 is 0 Å². The molecule has 4 nitrogen and oxygen atoms in total. The number of rotatable bonds is 5. The summed E-state index contributed by atoms with van der Waals surface area (Å²) in [6, 6.07) is 8.16. The fourth-order valence-electron chi connectivity index (χ4n) is 3.47. The van der Waals surface area contributed by atoms with Crippen LogP contribution in [0.3, 0.4) is 0 Å². The molecule has 2 aliphatic heterocycles. The molecule has 2 saturated heterocycles. The van der Waals surface area contributed by atoms with Gasteiger partial charge in [-0.1, -0.05) is 25.5 Å². The van der Waals surface area contributed by atoms with Crippen LogP contribution in [0.15, 0.2) is 24.3 Å². The normalized spacial score (nSPS) is 31.7. The summed E-state index contributed by atoms with van der Waals surface area (Å²) in [6.45, 7) is 4.58. The van der Waals surface area contributed by atoms with E-state index in [1.165, 1.54) is 18.4 Å². The molecule has 2 aliphatic rings. The van der Waals surface area contributed by atoms with Crippen molar-refractivity contribution in [2.24, 2.45) is 11.8 Å². The molecule has 128 valence electrons. The zero-order valence-electron chi connectivity index (χ0n) is 14.2. The molecule has 0 bridgehead atoms. The third-order valence-corrected chi connectivity index (χ3v) is 4.87. The van der Waals surface area contributed by atoms with Crippen molar-refractivity contribution in [3.8, 4) is 5.75 Å². The molecule has 1 aromatic rings. The van der Waals surface area contributed by atoms with Gasteiger partial charge in [0.25, 0.3) is 0 Å². The van der Waals surface area contributed by atoms with E-state index in [0.29, 0.717) is 18.4 Å². The summed E-state index contributed by atoms with van der Waals surface area (Å²) >= 11 is 0. The molecule has 0 aromatic heterocycles. The second-order valence-corrected chi connectivity index (χ2v) is 6.62. The van der Waals surface area contributed by atoms with Crippen molar-refractivity contribution >= 4 is 0 Å². The van der Waals surface area contributed by atoms with Crippen molar-refractivity contribution in [2.45, 2.75) is 45.0 Å². The Balaban J connectivity index is 1.46. The predicted octanol–water partition coefficient (Wildman–Crippen LogP) is 3.95. The highest BCUT2D eigenvalue weighted by molar-refractivity contribution is 5.28. The van der Waals surface area contributed by atoms with E-state index in [9.17, 15) is 0 Å². The van der Waals surface area contributed by atoms with Crippen LogP contribution >= 0.6 is 0 Å². The molecule has 3 rings (SSSR count). The molecule has 4 heteroatoms. The minimum absolute atomic E-state index is 0.0834. The lowest BCUT2D eigenvalue weighted by molar-refractivity contribution is -0.241. The molecule has 2 fully saturated rings. The zero-order chi connectivity index (χ0) is 16.1. The number of methoxy groups -OCH3 is 1. The average molecular weight is 320 g/mol. The summed E-state index contributed by atoms with van der Waals surface area (Å²) in [5.41, 5.74) is 1.22. The molecule has 0 saturated carbocycles. The predicted molar refractivity (Wildman–Crippen MR) is 88.5 cm³/mol. The second-order valence-electron chi connectivity index (χ2n) is 6.62. The van der Waals surface area contributed by atoms with Gasteiger partial charge in [0.2, 0.25) is 0 Å². The first-order valence-corrected chi connectivity index (χ1v) is 8.79. The minimum atomic E-state index is -0.0834. The number of hydrogen-bond donors (Lipinski definition) is 0. The van der Waals surface area contributed by atoms with Gasteiger partial charge < -0.3 is 18.9 Å². The lowest BCUT2D eigenvalue weighted by atomic mass is 9.93. The first-order valence-electron chi connectivity index (χ1n) is 8.79. The summed E-state index contributed by atoms with van der Waals surface area (Å²) in [5.74, 6) is 1.80. The Morgan fingerprint density at radius 3 is 2.30 bits per heavy atom. The first kappa shape index (κ1) is 16.7. The van der Waals surface area contributed by atoms with Gasteiger partial charge in [-0.05, 0) is 37.0 Å². The van der Waals surface area contributed by atoms with Crippen LogP contribution in [0.4, 0.5) is 0 Å². The van der Waals surface area contributed by atoms with Crippen LogP contribution in [0.25, 0.3) is 0 Å². The van der Waals surface area contributed by atoms with Crippen molar-refractivity contribution < 1.29 is 18.9 Å². The topological polar surface area (TPSA) is 36.9 Å². The average Bonchev–Trinajstić information content (AvgIpc) is 2.63. The van der Waals surface area contributed by atoms with Crippen molar-refractivity contribution in [3.63, 3.8) is 0 Å². The summed E-state index contributed by atoms with van der Waals surface area (Å²) in [4.78, 5) is 0. The zero-order valence-corrected chi connectivity index (χ0v) is 14.2. The number of ether oxygens (including phenoxy) is 4. The van der Waals surface area contributed by atoms with E-state index in [4.69, 9.17) is 18.9 Å². The summed E-state index contributed by atoms with van der Waals surface area (Å²) in [6.07, 6.45) is 4.57. The van der Waals surface area contributed by atoms with E-state index in [1.807, 2.05) is 12.1 Å². The Morgan fingerprint density at radius 2 is 1.74 bits per heavy atom. The van der Waals surface area contributed by atoms with Gasteiger partial charge in [-0.2, -0.15) is 0 Å². The molecule has 0 radical (unpaired) electrons. The van der Waals surface area contributed by atoms with Gasteiger partial charge in [-0.3, -0.25) is 0 Å². The van der Waals surface area contributed by atoms with Gasteiger partial charge in [0.1, 0.15) is 5.75 Å². The molecule has 1 aromatic carbocycles. The van der Waals surface area contributed by atoms with E-state index in [-0.39, 0.29) is 12.4 Å². The molecular weight excluding hydrogens is 292 g/mol. The monoisotopic (exact) mass is 320 g/mol. The molecular formula is C19H28O4. The van der Waals surface area contributed by atoms with E-state index < -0.39 is 0 Å². The largest absolute Gasteiger partial charge is 0.497 e. The molecule has 2 heterocycles. The quantitative estimate of drug-likeness (QED) is 0.823. The maximum absolute atomic E-state index is 6.08. The van der Waals surface area contributed by atoms with Gasteiger partial charge in [0.15, 0.2) is 6.29 Å². The van der Waals surface area contributed by atoms with E-state index in [0.717, 1.165) is 31.8 Å². The molecule has 0 aliphatic carbocycles. The molecule has 0 amide bonds. The number of hydrogen-bond acceptors (Lipinski definition) is 4. The Kier molecular flexibility index (Phi) is 5.92. The van der Waals surface area contributed by atoms with Crippen LogP contribution in [0.1, 0.15) is 44.3 Å². The van der Waals surface area contributed by atoms with Crippen molar-refractivity contribution in [1.82, 2.24) is 0 Å². The Bertz CT molecular complexity index is 457. The molecule has 2 unspecified atom stereocenters. The minimum Gasteiger partial charge on any atom is -0.497 e. The van der Waals surface area contributed by atoms with Crippen LogP contribution < -0.4 is 4.74 Å². The maximum Gasteiger partial charge on any atom is 0.162 e. The Morgan fingerprint density at radius 1 is 1.00 bits per heavy atom. The lowest BCUT2D eigenvalue weighted by Crippen LogP contribution is -2.40. The molecule has 0 spiro atoms. The van der Waals surface area contributed by atoms with Gasteiger partial charge >= 0.3 is 0 Å². The van der Waals surface area contributed by atoms with Crippen LogP contribution in [0.2, 0.25) is 0 Å². The smallest absolute Gasteiger partial charge is 0.162 e. The Hall–Kier alpha value is -1.10. The molecule has 23 heavy (non-hydrogen) atoms. The fraction of sp³-hybridized carbons (Fsp3) is 0.684. The number of benzene rings is 1. The van der Waals surface area contributed by atoms with E-state index in [2.05, 4.69) is 19.1 Å². The van der Waals surface area contributed by atoms with Crippen LogP contribution in [-0.2, 0) is 14.2 Å².